The van der Waals surface area contributed by atoms with Crippen LogP contribution in [0.4, 0.5) is 0 Å². The Balaban J connectivity index is 1.70. The molecule has 1 heterocycles. The number of carboxylic acids is 1. The molecule has 0 aromatic heterocycles. The molecule has 5 nitrogen and oxygen atoms in total. The van der Waals surface area contributed by atoms with Gasteiger partial charge in [0.15, 0.2) is 11.5 Å². The van der Waals surface area contributed by atoms with E-state index in [0.29, 0.717) is 30.8 Å². The first kappa shape index (κ1) is 18.3. The highest BCUT2D eigenvalue weighted by molar-refractivity contribution is 5.66. The van der Waals surface area contributed by atoms with Gasteiger partial charge in [0.05, 0.1) is 6.10 Å². The summed E-state index contributed by atoms with van der Waals surface area (Å²) in [6.45, 7) is 0.192. The molecule has 1 unspecified atom stereocenters. The number of hydrogen-bond acceptors (Lipinski definition) is 4. The topological polar surface area (TPSA) is 76.0 Å². The van der Waals surface area contributed by atoms with Gasteiger partial charge < -0.3 is 19.7 Å². The molecule has 26 heavy (non-hydrogen) atoms. The second-order valence-electron chi connectivity index (χ2n) is 6.55. The number of ether oxygens (including phenoxy) is 2. The summed E-state index contributed by atoms with van der Waals surface area (Å²) in [6.07, 6.45) is 3.05. The van der Waals surface area contributed by atoms with Crippen LogP contribution in [-0.2, 0) is 17.6 Å². The molecule has 0 bridgehead atoms. The molecule has 0 saturated carbocycles. The number of aliphatic hydroxyl groups excluding tert-OH is 1. The molecule has 2 N–H and O–H groups in total. The normalized spacial score (nSPS) is 13.6. The Hall–Kier alpha value is -2.53. The third-order valence-corrected chi connectivity index (χ3v) is 4.63. The molecule has 1 aliphatic heterocycles. The highest BCUT2D eigenvalue weighted by atomic mass is 16.7. The van der Waals surface area contributed by atoms with Crippen LogP contribution in [0.2, 0.25) is 0 Å². The minimum atomic E-state index is -0.779. The average Bonchev–Trinajstić information content (AvgIpc) is 3.10. The van der Waals surface area contributed by atoms with E-state index >= 15 is 0 Å². The average molecular weight is 356 g/mol. The summed E-state index contributed by atoms with van der Waals surface area (Å²) in [7, 11) is 0. The Labute approximate surface area is 153 Å². The summed E-state index contributed by atoms with van der Waals surface area (Å²) in [4.78, 5) is 10.7. The van der Waals surface area contributed by atoms with Crippen molar-refractivity contribution in [2.24, 2.45) is 0 Å². The first-order chi connectivity index (χ1) is 12.6. The Kier molecular flexibility index (Phi) is 6.12. The quantitative estimate of drug-likeness (QED) is 0.667. The lowest BCUT2D eigenvalue weighted by molar-refractivity contribution is -0.137. The van der Waals surface area contributed by atoms with Gasteiger partial charge in [-0.1, -0.05) is 30.3 Å². The molecule has 2 aromatic rings. The third-order valence-electron chi connectivity index (χ3n) is 4.63. The van der Waals surface area contributed by atoms with Gasteiger partial charge in [-0.3, -0.25) is 4.79 Å². The molecule has 0 saturated heterocycles. The molecular formula is C21H24O5. The van der Waals surface area contributed by atoms with Crippen LogP contribution in [-0.4, -0.2) is 23.0 Å². The lowest BCUT2D eigenvalue weighted by atomic mass is 9.93. The minimum absolute atomic E-state index is 0.163. The van der Waals surface area contributed by atoms with Crippen molar-refractivity contribution in [3.05, 3.63) is 59.2 Å². The van der Waals surface area contributed by atoms with Gasteiger partial charge in [0.1, 0.15) is 0 Å². The van der Waals surface area contributed by atoms with E-state index < -0.39 is 12.1 Å². The maximum Gasteiger partial charge on any atom is 0.303 e. The number of unbranched alkanes of at least 4 members (excludes halogenated alkanes) is 1. The van der Waals surface area contributed by atoms with Crippen LogP contribution in [0.5, 0.6) is 11.5 Å². The fourth-order valence-corrected chi connectivity index (χ4v) is 3.22. The fourth-order valence-electron chi connectivity index (χ4n) is 3.22. The van der Waals surface area contributed by atoms with Gasteiger partial charge in [0, 0.05) is 6.42 Å². The van der Waals surface area contributed by atoms with Gasteiger partial charge >= 0.3 is 5.97 Å². The molecule has 1 atom stereocenters. The van der Waals surface area contributed by atoms with Crippen molar-refractivity contribution >= 4 is 5.97 Å². The first-order valence-electron chi connectivity index (χ1n) is 8.99. The Bertz CT molecular complexity index is 742. The van der Waals surface area contributed by atoms with Crippen LogP contribution < -0.4 is 9.47 Å². The molecule has 5 heteroatoms. The van der Waals surface area contributed by atoms with Gasteiger partial charge in [0.2, 0.25) is 6.79 Å². The van der Waals surface area contributed by atoms with E-state index in [2.05, 4.69) is 12.1 Å². The molecule has 0 spiro atoms. The standard InChI is InChI=1S/C21H24O5/c22-18(11-10-15-6-2-1-3-7-15)17-13-20-19(25-14-26-20)12-16(17)8-4-5-9-21(23)24/h1-3,6-7,12-13,18,22H,4-5,8-11,14H2,(H,23,24). The van der Waals surface area contributed by atoms with Crippen LogP contribution in [0.3, 0.4) is 0 Å². The van der Waals surface area contributed by atoms with Crippen molar-refractivity contribution in [3.8, 4) is 11.5 Å². The lowest BCUT2D eigenvalue weighted by Crippen LogP contribution is -2.05. The van der Waals surface area contributed by atoms with Crippen molar-refractivity contribution in [3.63, 3.8) is 0 Å². The number of aryl methyl sites for hydroxylation is 2. The Morgan fingerprint density at radius 2 is 1.77 bits per heavy atom. The van der Waals surface area contributed by atoms with Crippen molar-refractivity contribution in [2.45, 2.75) is 44.6 Å². The van der Waals surface area contributed by atoms with Crippen molar-refractivity contribution in [2.75, 3.05) is 6.79 Å². The maximum atomic E-state index is 10.7. The molecule has 138 valence electrons. The number of carboxylic acid groups (broad SMARTS) is 1. The zero-order valence-electron chi connectivity index (χ0n) is 14.7. The maximum absolute atomic E-state index is 10.7. The van der Waals surface area contributed by atoms with Crippen molar-refractivity contribution in [1.29, 1.82) is 0 Å². The second-order valence-corrected chi connectivity index (χ2v) is 6.55. The largest absolute Gasteiger partial charge is 0.481 e. The van der Waals surface area contributed by atoms with Crippen LogP contribution >= 0.6 is 0 Å². The smallest absolute Gasteiger partial charge is 0.303 e. The molecule has 0 radical (unpaired) electrons. The van der Waals surface area contributed by atoms with Gasteiger partial charge in [-0.25, -0.2) is 0 Å². The monoisotopic (exact) mass is 356 g/mol. The van der Waals surface area contributed by atoms with Crippen LogP contribution in [0.1, 0.15) is 48.5 Å². The molecule has 1 aliphatic rings. The molecule has 0 amide bonds. The van der Waals surface area contributed by atoms with E-state index in [4.69, 9.17) is 14.6 Å². The zero-order chi connectivity index (χ0) is 18.4. The summed E-state index contributed by atoms with van der Waals surface area (Å²) >= 11 is 0. The van der Waals surface area contributed by atoms with Crippen LogP contribution in [0, 0.1) is 0 Å². The minimum Gasteiger partial charge on any atom is -0.481 e. The van der Waals surface area contributed by atoms with E-state index in [1.54, 1.807) is 0 Å². The summed E-state index contributed by atoms with van der Waals surface area (Å²) < 4.78 is 10.9. The number of rotatable bonds is 9. The van der Waals surface area contributed by atoms with Crippen molar-refractivity contribution < 1.29 is 24.5 Å². The fraction of sp³-hybridized carbons (Fsp3) is 0.381. The zero-order valence-corrected chi connectivity index (χ0v) is 14.7. The van der Waals surface area contributed by atoms with Crippen LogP contribution in [0.15, 0.2) is 42.5 Å². The lowest BCUT2D eigenvalue weighted by Gasteiger charge is -2.17. The second kappa shape index (κ2) is 8.72. The Morgan fingerprint density at radius 1 is 1.04 bits per heavy atom. The van der Waals surface area contributed by atoms with Crippen LogP contribution in [0.25, 0.3) is 0 Å². The van der Waals surface area contributed by atoms with E-state index in [1.807, 2.05) is 30.3 Å². The van der Waals surface area contributed by atoms with Gasteiger partial charge in [-0.05, 0) is 60.9 Å². The number of aliphatic carboxylic acids is 1. The van der Waals surface area contributed by atoms with E-state index in [1.165, 1.54) is 5.56 Å². The third kappa shape index (κ3) is 4.76. The number of aliphatic hydroxyl groups is 1. The molecule has 0 fully saturated rings. The Morgan fingerprint density at radius 3 is 2.50 bits per heavy atom. The predicted molar refractivity (Wildman–Crippen MR) is 97.5 cm³/mol. The molecule has 2 aromatic carbocycles. The number of fused-ring (bicyclic) bond motifs is 1. The first-order valence-corrected chi connectivity index (χ1v) is 8.99. The molecule has 0 aliphatic carbocycles. The summed E-state index contributed by atoms with van der Waals surface area (Å²) in [5.41, 5.74) is 3.04. The van der Waals surface area contributed by atoms with E-state index in [9.17, 15) is 9.90 Å². The summed E-state index contributed by atoms with van der Waals surface area (Å²) in [5, 5.41) is 19.5. The number of hydrogen-bond donors (Lipinski definition) is 2. The predicted octanol–water partition coefficient (Wildman–Crippen LogP) is 3.88. The van der Waals surface area contributed by atoms with Gasteiger partial charge in [0.25, 0.3) is 0 Å². The summed E-state index contributed by atoms with van der Waals surface area (Å²) in [6, 6.07) is 13.9. The van der Waals surface area contributed by atoms with Gasteiger partial charge in [-0.2, -0.15) is 0 Å². The van der Waals surface area contributed by atoms with E-state index in [0.717, 1.165) is 24.0 Å². The number of carbonyl (C=O) groups is 1. The highest BCUT2D eigenvalue weighted by Crippen LogP contribution is 2.38. The SMILES string of the molecule is O=C(O)CCCCc1cc2c(cc1C(O)CCc1ccccc1)OCO2. The summed E-state index contributed by atoms with van der Waals surface area (Å²) in [5.74, 6) is 0.573. The van der Waals surface area contributed by atoms with E-state index in [-0.39, 0.29) is 13.2 Å². The molecular weight excluding hydrogens is 332 g/mol. The van der Waals surface area contributed by atoms with Crippen molar-refractivity contribution in [1.82, 2.24) is 0 Å². The van der Waals surface area contributed by atoms with Gasteiger partial charge in [-0.15, -0.1) is 0 Å². The molecule has 3 rings (SSSR count). The number of benzene rings is 2. The highest BCUT2D eigenvalue weighted by Gasteiger charge is 2.21.